The molecule has 0 saturated carbocycles. The molecule has 8 heteroatoms. The topological polar surface area (TPSA) is 84.9 Å². The summed E-state index contributed by atoms with van der Waals surface area (Å²) in [7, 11) is -1.12. The molecular formula is C13H22N4O3S. The Morgan fingerprint density at radius 1 is 1.43 bits per heavy atom. The van der Waals surface area contributed by atoms with E-state index in [1.54, 1.807) is 17.2 Å². The van der Waals surface area contributed by atoms with Gasteiger partial charge >= 0.3 is 6.03 Å². The van der Waals surface area contributed by atoms with Gasteiger partial charge in [0.1, 0.15) is 6.04 Å². The van der Waals surface area contributed by atoms with E-state index in [0.29, 0.717) is 6.54 Å². The number of β-lactam (4-membered cyclic amide) rings is 1. The van der Waals surface area contributed by atoms with Crippen molar-refractivity contribution in [1.29, 1.82) is 0 Å². The molecule has 0 aromatic rings. The van der Waals surface area contributed by atoms with Crippen molar-refractivity contribution in [2.24, 2.45) is 0 Å². The molecule has 0 aliphatic carbocycles. The van der Waals surface area contributed by atoms with Crippen LogP contribution in [0.5, 0.6) is 0 Å². The minimum absolute atomic E-state index is 0.0270. The van der Waals surface area contributed by atoms with E-state index in [1.807, 2.05) is 0 Å². The molecule has 118 valence electrons. The number of rotatable bonds is 2. The fourth-order valence-electron chi connectivity index (χ4n) is 3.33. The molecule has 3 unspecified atom stereocenters. The van der Waals surface area contributed by atoms with E-state index in [4.69, 9.17) is 0 Å². The van der Waals surface area contributed by atoms with Crippen molar-refractivity contribution in [3.05, 3.63) is 0 Å². The largest absolute Gasteiger partial charge is 0.335 e. The summed E-state index contributed by atoms with van der Waals surface area (Å²) in [4.78, 5) is 26.2. The lowest BCUT2D eigenvalue weighted by molar-refractivity contribution is -0.142. The van der Waals surface area contributed by atoms with Crippen LogP contribution in [0.3, 0.4) is 0 Å². The molecule has 21 heavy (non-hydrogen) atoms. The highest BCUT2D eigenvalue weighted by Gasteiger charge is 2.56. The van der Waals surface area contributed by atoms with Crippen LogP contribution in [0.1, 0.15) is 26.2 Å². The smallest absolute Gasteiger partial charge is 0.318 e. The van der Waals surface area contributed by atoms with Crippen molar-refractivity contribution in [3.8, 4) is 0 Å². The maximum Gasteiger partial charge on any atom is 0.318 e. The number of urea groups is 1. The zero-order valence-corrected chi connectivity index (χ0v) is 12.9. The summed E-state index contributed by atoms with van der Waals surface area (Å²) >= 11 is 0. The maximum absolute atomic E-state index is 12.4. The Kier molecular flexibility index (Phi) is 4.19. The predicted octanol–water partition coefficient (Wildman–Crippen LogP) is 0.212. The molecule has 3 fully saturated rings. The molecule has 3 aliphatic rings. The third-order valence-electron chi connectivity index (χ3n) is 4.48. The average Bonchev–Trinajstić information content (AvgIpc) is 2.87. The Morgan fingerprint density at radius 2 is 2.14 bits per heavy atom. The minimum Gasteiger partial charge on any atom is -0.335 e. The summed E-state index contributed by atoms with van der Waals surface area (Å²) in [5.74, 6) is -0.137. The second kappa shape index (κ2) is 5.94. The Bertz CT molecular complexity index is 478. The molecule has 3 N–H and O–H groups in total. The highest BCUT2D eigenvalue weighted by Crippen LogP contribution is 2.39. The predicted molar refractivity (Wildman–Crippen MR) is 82.1 cm³/mol. The van der Waals surface area contributed by atoms with Crippen molar-refractivity contribution in [2.75, 3.05) is 19.6 Å². The van der Waals surface area contributed by atoms with Gasteiger partial charge in [-0.1, -0.05) is 0 Å². The Labute approximate surface area is 126 Å². The van der Waals surface area contributed by atoms with Gasteiger partial charge in [0.15, 0.2) is 0 Å². The number of nitrogens with zero attached hydrogens (tertiary/aromatic N) is 2. The molecule has 0 radical (unpaired) electrons. The summed E-state index contributed by atoms with van der Waals surface area (Å²) in [6, 6.07) is -0.351. The van der Waals surface area contributed by atoms with Gasteiger partial charge in [-0.25, -0.2) is 4.79 Å². The Balaban J connectivity index is 1.61. The quantitative estimate of drug-likeness (QED) is 0.502. The van der Waals surface area contributed by atoms with E-state index in [-0.39, 0.29) is 30.1 Å². The molecule has 3 atom stereocenters. The highest BCUT2D eigenvalue weighted by molar-refractivity contribution is 8.08. The van der Waals surface area contributed by atoms with Crippen LogP contribution >= 0.6 is 11.0 Å². The zero-order valence-electron chi connectivity index (χ0n) is 12.1. The van der Waals surface area contributed by atoms with E-state index in [9.17, 15) is 14.1 Å². The monoisotopic (exact) mass is 314 g/mol. The normalized spacial score (nSPS) is 31.0. The van der Waals surface area contributed by atoms with Crippen LogP contribution in [0.4, 0.5) is 4.79 Å². The second-order valence-corrected chi connectivity index (χ2v) is 7.11. The van der Waals surface area contributed by atoms with Crippen molar-refractivity contribution in [3.63, 3.8) is 0 Å². The van der Waals surface area contributed by atoms with Gasteiger partial charge in [-0.2, -0.15) is 0 Å². The molecule has 3 aliphatic heterocycles. The lowest BCUT2D eigenvalue weighted by Gasteiger charge is -2.45. The van der Waals surface area contributed by atoms with Gasteiger partial charge in [-0.05, 0) is 44.6 Å². The van der Waals surface area contributed by atoms with E-state index < -0.39 is 11.0 Å². The number of amides is 3. The van der Waals surface area contributed by atoms with Crippen LogP contribution in [0, 0.1) is 0 Å². The van der Waals surface area contributed by atoms with Crippen LogP contribution in [0.15, 0.2) is 0 Å². The third-order valence-corrected chi connectivity index (χ3v) is 5.75. The Morgan fingerprint density at radius 3 is 2.81 bits per heavy atom. The molecule has 3 rings (SSSR count). The van der Waals surface area contributed by atoms with Crippen LogP contribution in [0.2, 0.25) is 0 Å². The van der Waals surface area contributed by atoms with Gasteiger partial charge in [0.25, 0.3) is 5.91 Å². The van der Waals surface area contributed by atoms with Gasteiger partial charge in [0, 0.05) is 23.5 Å². The van der Waals surface area contributed by atoms with Crippen LogP contribution in [0.25, 0.3) is 0 Å². The summed E-state index contributed by atoms with van der Waals surface area (Å²) in [6.45, 7) is 4.16. The molecule has 7 nitrogen and oxygen atoms in total. The van der Waals surface area contributed by atoms with Gasteiger partial charge in [-0.15, -0.1) is 0 Å². The number of likely N-dealkylation sites (tertiary alicyclic amines) is 1. The molecule has 0 bridgehead atoms. The fraction of sp³-hybridized carbons (Fsp3) is 0.769. The number of hydrogen-bond acceptors (Lipinski definition) is 4. The van der Waals surface area contributed by atoms with Crippen molar-refractivity contribution in [2.45, 2.75) is 44.3 Å². The first-order chi connectivity index (χ1) is 10.1. The van der Waals surface area contributed by atoms with Crippen LogP contribution < -0.4 is 10.6 Å². The number of carbonyl (C=O) groups excluding carboxylic acids is 2. The van der Waals surface area contributed by atoms with E-state index in [1.165, 1.54) is 4.31 Å². The molecule has 0 aromatic heterocycles. The van der Waals surface area contributed by atoms with Gasteiger partial charge < -0.3 is 20.1 Å². The minimum atomic E-state index is -1.12. The van der Waals surface area contributed by atoms with Crippen molar-refractivity contribution < 1.29 is 14.1 Å². The van der Waals surface area contributed by atoms with Gasteiger partial charge in [-0.3, -0.25) is 9.10 Å². The first-order valence-electron chi connectivity index (χ1n) is 7.46. The maximum atomic E-state index is 12.4. The standard InChI is InChI=1S/C13H22N4O3S/c1-2-21(20)17-10-5-8-16(11(10)12(17)18)13(19)15-9-3-6-14-7-4-9/h2,9-11,14,20H,3-8H2,1H3,(H,15,19). The number of hydrogen-bond donors (Lipinski definition) is 3. The first-order valence-corrected chi connectivity index (χ1v) is 8.66. The van der Waals surface area contributed by atoms with E-state index in [0.717, 1.165) is 32.4 Å². The first kappa shape index (κ1) is 14.8. The fourth-order valence-corrected chi connectivity index (χ4v) is 4.34. The SMILES string of the molecule is CC=S(O)N1C(=O)C2C1CCN2C(=O)NC1CCNCC1. The van der Waals surface area contributed by atoms with Crippen molar-refractivity contribution >= 4 is 28.3 Å². The summed E-state index contributed by atoms with van der Waals surface area (Å²) < 4.78 is 11.3. The summed E-state index contributed by atoms with van der Waals surface area (Å²) in [6.07, 6.45) is 2.60. The summed E-state index contributed by atoms with van der Waals surface area (Å²) in [5.41, 5.74) is 0. The Hall–Kier alpha value is -1.12. The molecule has 3 amide bonds. The third kappa shape index (κ3) is 2.56. The number of carbonyl (C=O) groups is 2. The van der Waals surface area contributed by atoms with Gasteiger partial charge in [0.05, 0.1) is 6.04 Å². The molecule has 0 spiro atoms. The lowest BCUT2D eigenvalue weighted by atomic mass is 10.0. The summed E-state index contributed by atoms with van der Waals surface area (Å²) in [5, 5.41) is 7.91. The van der Waals surface area contributed by atoms with Crippen LogP contribution in [-0.2, 0) is 4.79 Å². The zero-order chi connectivity index (χ0) is 15.0. The van der Waals surface area contributed by atoms with E-state index in [2.05, 4.69) is 10.6 Å². The van der Waals surface area contributed by atoms with Crippen molar-refractivity contribution in [1.82, 2.24) is 19.8 Å². The number of nitrogens with one attached hydrogen (secondary N) is 2. The molecular weight excluding hydrogens is 292 g/mol. The van der Waals surface area contributed by atoms with E-state index >= 15 is 0 Å². The lowest BCUT2D eigenvalue weighted by Crippen LogP contribution is -2.66. The van der Waals surface area contributed by atoms with Crippen LogP contribution in [-0.4, -0.2) is 68.8 Å². The second-order valence-electron chi connectivity index (χ2n) is 5.66. The molecule has 0 aromatic carbocycles. The molecule has 3 heterocycles. The number of fused-ring (bicyclic) bond motifs is 1. The highest BCUT2D eigenvalue weighted by atomic mass is 32.2. The van der Waals surface area contributed by atoms with Gasteiger partial charge in [0.2, 0.25) is 0 Å². The average molecular weight is 314 g/mol. The number of piperidine rings is 1. The molecule has 3 saturated heterocycles.